The fourth-order valence-corrected chi connectivity index (χ4v) is 1.75. The number of rotatable bonds is 2. The van der Waals surface area contributed by atoms with Crippen LogP contribution in [0, 0.1) is 0 Å². The molecule has 0 radical (unpaired) electrons. The number of carbonyl (C=O) groups excluding carboxylic acids is 1. The number of nitrogens with zero attached hydrogens (tertiary/aromatic N) is 2. The Labute approximate surface area is 98.5 Å². The maximum absolute atomic E-state index is 11.6. The SMILES string of the molecule is O=C(C=Cc1nc2ccccc2o1)N1CCC1. The largest absolute Gasteiger partial charge is 0.437 e. The summed E-state index contributed by atoms with van der Waals surface area (Å²) in [4.78, 5) is 17.6. The minimum atomic E-state index is 0.0264. The molecule has 3 rings (SSSR count). The standard InChI is InChI=1S/C13H12N2O2/c16-13(15-8-3-9-15)7-6-12-14-10-4-1-2-5-11(10)17-12/h1-2,4-7H,3,8-9H2. The Hall–Kier alpha value is -2.10. The van der Waals surface area contributed by atoms with Gasteiger partial charge in [-0.05, 0) is 18.6 Å². The van der Waals surface area contributed by atoms with Crippen molar-refractivity contribution in [3.63, 3.8) is 0 Å². The van der Waals surface area contributed by atoms with Crippen LogP contribution < -0.4 is 0 Å². The molecule has 1 aromatic heterocycles. The van der Waals surface area contributed by atoms with E-state index in [4.69, 9.17) is 4.42 Å². The van der Waals surface area contributed by atoms with Gasteiger partial charge in [0.2, 0.25) is 11.8 Å². The normalized spacial score (nSPS) is 15.4. The fourth-order valence-electron chi connectivity index (χ4n) is 1.75. The van der Waals surface area contributed by atoms with Gasteiger partial charge in [-0.25, -0.2) is 4.98 Å². The molecule has 1 aromatic carbocycles. The maximum atomic E-state index is 11.6. The van der Waals surface area contributed by atoms with Gasteiger partial charge in [-0.3, -0.25) is 4.79 Å². The van der Waals surface area contributed by atoms with Crippen LogP contribution in [0.25, 0.3) is 17.2 Å². The first-order chi connectivity index (χ1) is 8.33. The molecule has 0 unspecified atom stereocenters. The molecule has 17 heavy (non-hydrogen) atoms. The zero-order valence-corrected chi connectivity index (χ0v) is 9.30. The molecule has 1 fully saturated rings. The molecule has 1 aliphatic rings. The second-order valence-electron chi connectivity index (χ2n) is 4.03. The summed E-state index contributed by atoms with van der Waals surface area (Å²) in [5.74, 6) is 0.499. The van der Waals surface area contributed by atoms with Crippen molar-refractivity contribution in [2.75, 3.05) is 13.1 Å². The van der Waals surface area contributed by atoms with E-state index in [9.17, 15) is 4.79 Å². The Morgan fingerprint density at radius 2 is 2.18 bits per heavy atom. The highest BCUT2D eigenvalue weighted by molar-refractivity contribution is 5.92. The van der Waals surface area contributed by atoms with E-state index in [1.54, 1.807) is 11.0 Å². The van der Waals surface area contributed by atoms with Crippen LogP contribution in [0.2, 0.25) is 0 Å². The van der Waals surface area contributed by atoms with Crippen LogP contribution in [0.3, 0.4) is 0 Å². The lowest BCUT2D eigenvalue weighted by molar-refractivity contribution is -0.129. The van der Waals surface area contributed by atoms with Crippen molar-refractivity contribution in [1.29, 1.82) is 0 Å². The van der Waals surface area contributed by atoms with Crippen LogP contribution in [-0.2, 0) is 4.79 Å². The van der Waals surface area contributed by atoms with Gasteiger partial charge in [0, 0.05) is 25.2 Å². The Morgan fingerprint density at radius 3 is 2.88 bits per heavy atom. The fraction of sp³-hybridized carbons (Fsp3) is 0.231. The van der Waals surface area contributed by atoms with Gasteiger partial charge in [-0.2, -0.15) is 0 Å². The Kier molecular flexibility index (Phi) is 2.40. The average Bonchev–Trinajstić information content (AvgIpc) is 2.66. The van der Waals surface area contributed by atoms with Gasteiger partial charge in [0.15, 0.2) is 5.58 Å². The Morgan fingerprint density at radius 1 is 1.35 bits per heavy atom. The van der Waals surface area contributed by atoms with Crippen LogP contribution in [-0.4, -0.2) is 28.9 Å². The van der Waals surface area contributed by atoms with E-state index in [0.29, 0.717) is 5.89 Å². The minimum absolute atomic E-state index is 0.0264. The zero-order chi connectivity index (χ0) is 11.7. The lowest BCUT2D eigenvalue weighted by atomic mass is 10.2. The Balaban J connectivity index is 1.79. The maximum Gasteiger partial charge on any atom is 0.246 e. The summed E-state index contributed by atoms with van der Waals surface area (Å²) in [5, 5.41) is 0. The molecule has 2 aromatic rings. The number of fused-ring (bicyclic) bond motifs is 1. The van der Waals surface area contributed by atoms with Crippen molar-refractivity contribution in [3.8, 4) is 0 Å². The lowest BCUT2D eigenvalue weighted by Gasteiger charge is -2.29. The molecule has 86 valence electrons. The van der Waals surface area contributed by atoms with Crippen LogP contribution >= 0.6 is 0 Å². The minimum Gasteiger partial charge on any atom is -0.437 e. The van der Waals surface area contributed by atoms with E-state index in [2.05, 4.69) is 4.98 Å². The highest BCUT2D eigenvalue weighted by Gasteiger charge is 2.17. The number of amides is 1. The second kappa shape index (κ2) is 4.05. The molecule has 0 aliphatic carbocycles. The molecular formula is C13H12N2O2. The number of oxazole rings is 1. The van der Waals surface area contributed by atoms with Gasteiger partial charge in [0.25, 0.3) is 0 Å². The molecular weight excluding hydrogens is 216 g/mol. The van der Waals surface area contributed by atoms with E-state index >= 15 is 0 Å². The predicted octanol–water partition coefficient (Wildman–Crippen LogP) is 2.07. The van der Waals surface area contributed by atoms with Crippen molar-refractivity contribution in [1.82, 2.24) is 9.88 Å². The molecule has 0 saturated carbocycles. The number of hydrogen-bond donors (Lipinski definition) is 0. The number of para-hydroxylation sites is 2. The van der Waals surface area contributed by atoms with E-state index in [1.165, 1.54) is 6.08 Å². The number of hydrogen-bond acceptors (Lipinski definition) is 3. The van der Waals surface area contributed by atoms with Crippen LogP contribution in [0.4, 0.5) is 0 Å². The zero-order valence-electron chi connectivity index (χ0n) is 9.30. The summed E-state index contributed by atoms with van der Waals surface area (Å²) >= 11 is 0. The third kappa shape index (κ3) is 1.93. The molecule has 0 spiro atoms. The van der Waals surface area contributed by atoms with E-state index in [0.717, 1.165) is 30.6 Å². The number of benzene rings is 1. The van der Waals surface area contributed by atoms with Gasteiger partial charge in [-0.1, -0.05) is 12.1 Å². The van der Waals surface area contributed by atoms with E-state index < -0.39 is 0 Å². The molecule has 1 amide bonds. The van der Waals surface area contributed by atoms with Gasteiger partial charge < -0.3 is 9.32 Å². The molecule has 2 heterocycles. The topological polar surface area (TPSA) is 46.3 Å². The molecule has 0 N–H and O–H groups in total. The highest BCUT2D eigenvalue weighted by atomic mass is 16.3. The van der Waals surface area contributed by atoms with E-state index in [-0.39, 0.29) is 5.91 Å². The molecule has 4 nitrogen and oxygen atoms in total. The van der Waals surface area contributed by atoms with Gasteiger partial charge in [-0.15, -0.1) is 0 Å². The van der Waals surface area contributed by atoms with Crippen molar-refractivity contribution < 1.29 is 9.21 Å². The smallest absolute Gasteiger partial charge is 0.246 e. The summed E-state index contributed by atoms with van der Waals surface area (Å²) in [7, 11) is 0. The van der Waals surface area contributed by atoms with Crippen LogP contribution in [0.15, 0.2) is 34.8 Å². The second-order valence-corrected chi connectivity index (χ2v) is 4.03. The van der Waals surface area contributed by atoms with Crippen LogP contribution in [0.1, 0.15) is 12.3 Å². The lowest BCUT2D eigenvalue weighted by Crippen LogP contribution is -2.40. The molecule has 1 saturated heterocycles. The molecule has 4 heteroatoms. The quantitative estimate of drug-likeness (QED) is 0.739. The predicted molar refractivity (Wildman–Crippen MR) is 64.2 cm³/mol. The van der Waals surface area contributed by atoms with Crippen molar-refractivity contribution in [2.24, 2.45) is 0 Å². The number of aromatic nitrogens is 1. The first-order valence-electron chi connectivity index (χ1n) is 5.65. The molecule has 0 atom stereocenters. The summed E-state index contributed by atoms with van der Waals surface area (Å²) in [6.45, 7) is 1.72. The first-order valence-corrected chi connectivity index (χ1v) is 5.65. The summed E-state index contributed by atoms with van der Waals surface area (Å²) in [5.41, 5.74) is 1.55. The molecule has 0 bridgehead atoms. The third-order valence-electron chi connectivity index (χ3n) is 2.85. The van der Waals surface area contributed by atoms with E-state index in [1.807, 2.05) is 24.3 Å². The monoisotopic (exact) mass is 228 g/mol. The first kappa shape index (κ1) is 10.1. The summed E-state index contributed by atoms with van der Waals surface area (Å²) < 4.78 is 5.48. The van der Waals surface area contributed by atoms with Gasteiger partial charge in [0.05, 0.1) is 0 Å². The third-order valence-corrected chi connectivity index (χ3v) is 2.85. The highest BCUT2D eigenvalue weighted by Crippen LogP contribution is 2.15. The van der Waals surface area contributed by atoms with Crippen molar-refractivity contribution in [2.45, 2.75) is 6.42 Å². The molecule has 1 aliphatic heterocycles. The number of likely N-dealkylation sites (tertiary alicyclic amines) is 1. The van der Waals surface area contributed by atoms with Crippen molar-refractivity contribution >= 4 is 23.1 Å². The summed E-state index contributed by atoms with van der Waals surface area (Å²) in [6, 6.07) is 7.54. The van der Waals surface area contributed by atoms with Gasteiger partial charge >= 0.3 is 0 Å². The van der Waals surface area contributed by atoms with Gasteiger partial charge in [0.1, 0.15) is 5.52 Å². The number of carbonyl (C=O) groups is 1. The van der Waals surface area contributed by atoms with Crippen molar-refractivity contribution in [3.05, 3.63) is 36.2 Å². The summed E-state index contributed by atoms with van der Waals surface area (Å²) in [6.07, 6.45) is 4.24. The Bertz CT molecular complexity index is 549. The van der Waals surface area contributed by atoms with Crippen LogP contribution in [0.5, 0.6) is 0 Å². The average molecular weight is 228 g/mol.